The number of methoxy groups -OCH3 is 1. The highest BCUT2D eigenvalue weighted by atomic mass is 32.2. The molecule has 7 nitrogen and oxygen atoms in total. The third kappa shape index (κ3) is 8.39. The van der Waals surface area contributed by atoms with Gasteiger partial charge in [0.1, 0.15) is 16.3 Å². The predicted octanol–water partition coefficient (Wildman–Crippen LogP) is 5.54. The number of fused-ring (bicyclic) bond motifs is 1. The van der Waals surface area contributed by atoms with Crippen LogP contribution in [0.1, 0.15) is 6.92 Å². The van der Waals surface area contributed by atoms with Crippen LogP contribution >= 0.6 is 19.7 Å². The lowest BCUT2D eigenvalue weighted by Gasteiger charge is -2.23. The Morgan fingerprint density at radius 2 is 1.80 bits per heavy atom. The molecule has 35 heavy (non-hydrogen) atoms. The predicted molar refractivity (Wildman–Crippen MR) is 121 cm³/mol. The van der Waals surface area contributed by atoms with Crippen molar-refractivity contribution in [1.29, 1.82) is 0 Å². The Kier molecular flexibility index (Phi) is 8.71. The van der Waals surface area contributed by atoms with Gasteiger partial charge < -0.3 is 19.8 Å². The molecule has 0 aliphatic rings. The minimum atomic E-state index is -4.70. The first kappa shape index (κ1) is 27.3. The first-order chi connectivity index (χ1) is 16.3. The number of nitrogens with zero attached hydrogens (tertiary/aromatic N) is 4. The quantitative estimate of drug-likeness (QED) is 0.205. The van der Waals surface area contributed by atoms with Crippen molar-refractivity contribution < 1.29 is 35.8 Å². The summed E-state index contributed by atoms with van der Waals surface area (Å²) >= 11 is 1.29. The summed E-state index contributed by atoms with van der Waals surface area (Å²) in [5, 5.41) is 0.479. The van der Waals surface area contributed by atoms with Crippen LogP contribution in [0.15, 0.2) is 40.5 Å². The molecule has 3 rings (SSSR count). The number of benzene rings is 1. The summed E-state index contributed by atoms with van der Waals surface area (Å²) in [6, 6.07) is 7.26. The molecule has 0 fully saturated rings. The molecule has 1 aromatic carbocycles. The van der Waals surface area contributed by atoms with Crippen molar-refractivity contribution in [2.45, 2.75) is 41.8 Å². The van der Waals surface area contributed by atoms with E-state index in [-0.39, 0.29) is 12.5 Å². The lowest BCUT2D eigenvalue weighted by atomic mass is 10.3. The van der Waals surface area contributed by atoms with Crippen LogP contribution in [0.5, 0.6) is 5.75 Å². The number of imidazole rings is 1. The van der Waals surface area contributed by atoms with E-state index in [1.807, 2.05) is 18.2 Å². The van der Waals surface area contributed by atoms with Gasteiger partial charge in [-0.1, -0.05) is 25.7 Å². The molecular weight excluding hydrogens is 519 g/mol. The fourth-order valence-electron chi connectivity index (χ4n) is 3.13. The van der Waals surface area contributed by atoms with Gasteiger partial charge in [0.25, 0.3) is 0 Å². The number of nitrogen functional groups attached to an aromatic ring is 1. The van der Waals surface area contributed by atoms with Crippen molar-refractivity contribution in [1.82, 2.24) is 19.5 Å². The minimum Gasteiger partial charge on any atom is -0.497 e. The molecular formula is C20H22F6N5O2PS. The number of halogens is 6. The number of rotatable bonds is 10. The summed E-state index contributed by atoms with van der Waals surface area (Å²) in [5.74, 6) is 0.637. The molecule has 0 radical (unpaired) electrons. The first-order valence-electron chi connectivity index (χ1n) is 10.1. The van der Waals surface area contributed by atoms with E-state index < -0.39 is 45.0 Å². The van der Waals surface area contributed by atoms with E-state index in [0.29, 0.717) is 21.9 Å². The van der Waals surface area contributed by atoms with E-state index in [2.05, 4.69) is 15.0 Å². The Morgan fingerprint density at radius 3 is 2.43 bits per heavy atom. The molecule has 0 bridgehead atoms. The fraction of sp³-hybridized carbons (Fsp3) is 0.450. The van der Waals surface area contributed by atoms with E-state index in [9.17, 15) is 26.3 Å². The first-order valence-corrected chi connectivity index (χ1v) is 12.8. The molecule has 2 aromatic heterocycles. The Labute approximate surface area is 202 Å². The van der Waals surface area contributed by atoms with E-state index in [1.54, 1.807) is 24.7 Å². The number of ether oxygens (including phenoxy) is 2. The molecule has 2 heterocycles. The summed E-state index contributed by atoms with van der Waals surface area (Å²) in [6.45, 7) is 1.65. The minimum absolute atomic E-state index is 0.0166. The summed E-state index contributed by atoms with van der Waals surface area (Å²) in [5.41, 5.74) is 6.67. The second-order valence-electron chi connectivity index (χ2n) is 7.56. The Morgan fingerprint density at radius 1 is 1.11 bits per heavy atom. The monoisotopic (exact) mass is 541 g/mol. The fourth-order valence-corrected chi connectivity index (χ4v) is 5.83. The maximum Gasteiger partial charge on any atom is 0.392 e. The highest BCUT2D eigenvalue weighted by Crippen LogP contribution is 2.46. The van der Waals surface area contributed by atoms with Gasteiger partial charge in [-0.05, 0) is 25.1 Å². The van der Waals surface area contributed by atoms with Crippen molar-refractivity contribution in [3.05, 3.63) is 30.6 Å². The highest BCUT2D eigenvalue weighted by Gasteiger charge is 2.38. The van der Waals surface area contributed by atoms with Gasteiger partial charge in [-0.3, -0.25) is 0 Å². The zero-order chi connectivity index (χ0) is 25.8. The van der Waals surface area contributed by atoms with Gasteiger partial charge in [-0.2, -0.15) is 31.3 Å². The molecule has 0 saturated heterocycles. The maximum absolute atomic E-state index is 12.7. The molecule has 1 atom stereocenters. The number of hydrogen-bond donors (Lipinski definition) is 1. The summed E-state index contributed by atoms with van der Waals surface area (Å²) in [6.07, 6.45) is -12.3. The van der Waals surface area contributed by atoms with E-state index in [1.165, 1.54) is 18.1 Å². The van der Waals surface area contributed by atoms with E-state index in [0.717, 1.165) is 4.90 Å². The van der Waals surface area contributed by atoms with Gasteiger partial charge in [0.15, 0.2) is 5.65 Å². The van der Waals surface area contributed by atoms with Crippen molar-refractivity contribution >= 4 is 36.8 Å². The number of anilines is 1. The molecule has 0 saturated carbocycles. The Hall–Kier alpha value is -2.31. The molecule has 0 aliphatic heterocycles. The highest BCUT2D eigenvalue weighted by molar-refractivity contribution is 7.99. The molecule has 1 unspecified atom stereocenters. The lowest BCUT2D eigenvalue weighted by molar-refractivity contribution is -0.112. The average Bonchev–Trinajstić information content (AvgIpc) is 3.12. The van der Waals surface area contributed by atoms with Crippen LogP contribution in [0.2, 0.25) is 0 Å². The van der Waals surface area contributed by atoms with E-state index >= 15 is 0 Å². The maximum atomic E-state index is 12.7. The summed E-state index contributed by atoms with van der Waals surface area (Å²) < 4.78 is 88.4. The number of alkyl halides is 6. The topological polar surface area (TPSA) is 88.1 Å². The second-order valence-corrected chi connectivity index (χ2v) is 10.9. The van der Waals surface area contributed by atoms with Crippen LogP contribution in [-0.2, 0) is 11.3 Å². The van der Waals surface area contributed by atoms with Gasteiger partial charge in [-0.15, -0.1) is 0 Å². The Bertz CT molecular complexity index is 1130. The third-order valence-corrected chi connectivity index (χ3v) is 7.60. The van der Waals surface area contributed by atoms with Crippen LogP contribution in [0.4, 0.5) is 32.3 Å². The standard InChI is InChI=1S/C20H22F6N5O2PS/c1-12(33-11-34(8-19(21,22)23)9-20(24,25)26)7-31-10-28-15-16(31)29-18(27)30-17(15)35-14-5-3-4-13(6-14)32-2/h3-6,10,12H,7-9,11H2,1-2H3,(H2,27,29,30). The van der Waals surface area contributed by atoms with Gasteiger partial charge in [0, 0.05) is 4.90 Å². The van der Waals surface area contributed by atoms with E-state index in [4.69, 9.17) is 15.2 Å². The smallest absolute Gasteiger partial charge is 0.392 e. The van der Waals surface area contributed by atoms with Gasteiger partial charge in [-0.25, -0.2) is 9.97 Å². The third-order valence-electron chi connectivity index (χ3n) is 4.51. The van der Waals surface area contributed by atoms with Crippen LogP contribution in [0.25, 0.3) is 11.2 Å². The summed E-state index contributed by atoms with van der Waals surface area (Å²) in [7, 11) is -0.920. The zero-order valence-corrected chi connectivity index (χ0v) is 20.3. The van der Waals surface area contributed by atoms with Crippen molar-refractivity contribution in [3.8, 4) is 5.75 Å². The second kappa shape index (κ2) is 11.2. The number of aromatic nitrogens is 4. The number of nitrogens with two attached hydrogens (primary N) is 1. The molecule has 192 valence electrons. The molecule has 3 aromatic rings. The van der Waals surface area contributed by atoms with Gasteiger partial charge in [0.05, 0.1) is 44.8 Å². The SMILES string of the molecule is COc1cccc(Sc2nc(N)nc3c2ncn3CC(C)OCP(CC(F)(F)F)CC(F)(F)F)c1. The normalized spacial score (nSPS) is 13.5. The average molecular weight is 541 g/mol. The zero-order valence-electron chi connectivity index (χ0n) is 18.6. The molecule has 0 spiro atoms. The molecule has 0 amide bonds. The van der Waals surface area contributed by atoms with Crippen molar-refractivity contribution in [2.75, 3.05) is 31.5 Å². The molecule has 15 heteroatoms. The van der Waals surface area contributed by atoms with Crippen LogP contribution < -0.4 is 10.5 Å². The van der Waals surface area contributed by atoms with Crippen LogP contribution in [-0.4, -0.2) is 63.8 Å². The van der Waals surface area contributed by atoms with Gasteiger partial charge >= 0.3 is 12.4 Å². The summed E-state index contributed by atoms with van der Waals surface area (Å²) in [4.78, 5) is 13.6. The van der Waals surface area contributed by atoms with Crippen LogP contribution in [0.3, 0.4) is 0 Å². The van der Waals surface area contributed by atoms with Crippen molar-refractivity contribution in [2.24, 2.45) is 0 Å². The largest absolute Gasteiger partial charge is 0.497 e. The number of hydrogen-bond acceptors (Lipinski definition) is 7. The lowest BCUT2D eigenvalue weighted by Crippen LogP contribution is -2.24. The van der Waals surface area contributed by atoms with Crippen LogP contribution in [0, 0.1) is 0 Å². The Balaban J connectivity index is 1.73. The van der Waals surface area contributed by atoms with Crippen molar-refractivity contribution in [3.63, 3.8) is 0 Å². The van der Waals surface area contributed by atoms with Gasteiger partial charge in [0.2, 0.25) is 5.95 Å². The molecule has 2 N–H and O–H groups in total. The molecule has 0 aliphatic carbocycles.